The molecule has 0 saturated heterocycles. The molecule has 3 atom stereocenters. The van der Waals surface area contributed by atoms with Crippen molar-refractivity contribution in [3.8, 4) is 0 Å². The van der Waals surface area contributed by atoms with Gasteiger partial charge in [0, 0.05) is 6.54 Å². The summed E-state index contributed by atoms with van der Waals surface area (Å²) in [6.07, 6.45) is 6.11. The molecule has 0 aromatic rings. The van der Waals surface area contributed by atoms with Crippen molar-refractivity contribution in [1.29, 1.82) is 0 Å². The molecule has 2 rings (SSSR count). The predicted octanol–water partition coefficient (Wildman–Crippen LogP) is 1.93. The summed E-state index contributed by atoms with van der Waals surface area (Å²) in [6.45, 7) is 5.35. The van der Waals surface area contributed by atoms with Crippen molar-refractivity contribution in [1.82, 2.24) is 0 Å². The van der Waals surface area contributed by atoms with Crippen LogP contribution in [0.2, 0.25) is 0 Å². The summed E-state index contributed by atoms with van der Waals surface area (Å²) in [7, 11) is 0. The second-order valence-electron chi connectivity index (χ2n) is 6.43. The van der Waals surface area contributed by atoms with E-state index in [4.69, 9.17) is 10.5 Å². The molecule has 0 spiro atoms. The molecule has 0 heterocycles. The molecule has 2 aliphatic carbocycles. The number of hydrogen-bond donors (Lipinski definition) is 2. The van der Waals surface area contributed by atoms with Crippen molar-refractivity contribution in [2.75, 3.05) is 13.2 Å². The van der Waals surface area contributed by atoms with Crippen LogP contribution >= 0.6 is 0 Å². The van der Waals surface area contributed by atoms with Gasteiger partial charge in [0.1, 0.15) is 5.60 Å². The van der Waals surface area contributed by atoms with Gasteiger partial charge in [0.25, 0.3) is 0 Å². The van der Waals surface area contributed by atoms with Crippen LogP contribution in [0.1, 0.15) is 46.0 Å². The number of aliphatic hydroxyl groups is 1. The van der Waals surface area contributed by atoms with E-state index >= 15 is 0 Å². The fourth-order valence-corrected chi connectivity index (χ4v) is 3.24. The maximum Gasteiger partial charge on any atom is 0.103 e. The Morgan fingerprint density at radius 2 is 1.76 bits per heavy atom. The average molecular weight is 241 g/mol. The van der Waals surface area contributed by atoms with E-state index in [0.717, 1.165) is 37.5 Å². The Kier molecular flexibility index (Phi) is 4.11. The first-order valence-corrected chi connectivity index (χ1v) is 7.07. The summed E-state index contributed by atoms with van der Waals surface area (Å²) >= 11 is 0. The van der Waals surface area contributed by atoms with Crippen LogP contribution in [0.25, 0.3) is 0 Å². The number of hydrogen-bond acceptors (Lipinski definition) is 3. The van der Waals surface area contributed by atoms with Crippen LogP contribution < -0.4 is 5.73 Å². The summed E-state index contributed by atoms with van der Waals surface area (Å²) in [5.74, 6) is 1.87. The highest BCUT2D eigenvalue weighted by atomic mass is 16.5. The van der Waals surface area contributed by atoms with E-state index in [0.29, 0.717) is 25.2 Å². The zero-order valence-electron chi connectivity index (χ0n) is 11.2. The standard InChI is InChI=1S/C14H27NO2/c1-10-5-11(2)7-13(6-10)17-9-14(16,8-15)12-3-4-12/h10-13,16H,3-9,15H2,1-2H3. The minimum Gasteiger partial charge on any atom is -0.386 e. The fourth-order valence-electron chi connectivity index (χ4n) is 3.24. The molecule has 3 N–H and O–H groups in total. The number of rotatable bonds is 5. The van der Waals surface area contributed by atoms with Gasteiger partial charge in [0.2, 0.25) is 0 Å². The molecule has 2 saturated carbocycles. The van der Waals surface area contributed by atoms with E-state index < -0.39 is 5.60 Å². The van der Waals surface area contributed by atoms with Crippen molar-refractivity contribution in [3.05, 3.63) is 0 Å². The number of nitrogens with two attached hydrogens (primary N) is 1. The van der Waals surface area contributed by atoms with Gasteiger partial charge < -0.3 is 15.6 Å². The Morgan fingerprint density at radius 3 is 2.24 bits per heavy atom. The molecule has 3 heteroatoms. The molecule has 17 heavy (non-hydrogen) atoms. The first kappa shape index (κ1) is 13.3. The van der Waals surface area contributed by atoms with Gasteiger partial charge in [-0.05, 0) is 49.9 Å². The van der Waals surface area contributed by atoms with Gasteiger partial charge in [-0.1, -0.05) is 13.8 Å². The largest absolute Gasteiger partial charge is 0.386 e. The van der Waals surface area contributed by atoms with E-state index in [9.17, 15) is 5.11 Å². The molecule has 2 aliphatic rings. The lowest BCUT2D eigenvalue weighted by Gasteiger charge is -2.34. The minimum atomic E-state index is -0.760. The molecule has 0 bridgehead atoms. The first-order valence-electron chi connectivity index (χ1n) is 7.07. The summed E-state index contributed by atoms with van der Waals surface area (Å²) < 4.78 is 5.95. The molecule has 0 amide bonds. The molecule has 0 radical (unpaired) electrons. The molecule has 3 nitrogen and oxygen atoms in total. The van der Waals surface area contributed by atoms with Crippen LogP contribution in [-0.2, 0) is 4.74 Å². The van der Waals surface area contributed by atoms with Crippen LogP contribution in [-0.4, -0.2) is 30.0 Å². The lowest BCUT2D eigenvalue weighted by Crippen LogP contribution is -2.46. The number of ether oxygens (including phenoxy) is 1. The summed E-state index contributed by atoms with van der Waals surface area (Å²) in [5, 5.41) is 10.4. The zero-order valence-corrected chi connectivity index (χ0v) is 11.2. The Bertz CT molecular complexity index is 245. The van der Waals surface area contributed by atoms with Gasteiger partial charge in [0.05, 0.1) is 12.7 Å². The Balaban J connectivity index is 1.80. The van der Waals surface area contributed by atoms with E-state index in [1.54, 1.807) is 0 Å². The van der Waals surface area contributed by atoms with Crippen molar-refractivity contribution < 1.29 is 9.84 Å². The topological polar surface area (TPSA) is 55.5 Å². The summed E-state index contributed by atoms with van der Waals surface area (Å²) in [6, 6.07) is 0. The van der Waals surface area contributed by atoms with Gasteiger partial charge >= 0.3 is 0 Å². The molecule has 100 valence electrons. The van der Waals surface area contributed by atoms with Crippen molar-refractivity contribution in [2.24, 2.45) is 23.5 Å². The normalized spacial score (nSPS) is 37.8. The van der Waals surface area contributed by atoms with E-state index in [1.165, 1.54) is 6.42 Å². The molecule has 0 aromatic heterocycles. The van der Waals surface area contributed by atoms with E-state index in [2.05, 4.69) is 13.8 Å². The maximum absolute atomic E-state index is 10.4. The van der Waals surface area contributed by atoms with Gasteiger partial charge in [-0.3, -0.25) is 0 Å². The van der Waals surface area contributed by atoms with E-state index in [-0.39, 0.29) is 0 Å². The lowest BCUT2D eigenvalue weighted by atomic mass is 9.81. The van der Waals surface area contributed by atoms with Gasteiger partial charge in [-0.15, -0.1) is 0 Å². The van der Waals surface area contributed by atoms with Crippen LogP contribution in [0, 0.1) is 17.8 Å². The molecular weight excluding hydrogens is 214 g/mol. The Morgan fingerprint density at radius 1 is 1.18 bits per heavy atom. The predicted molar refractivity (Wildman–Crippen MR) is 68.6 cm³/mol. The maximum atomic E-state index is 10.4. The quantitative estimate of drug-likeness (QED) is 0.773. The average Bonchev–Trinajstić information content (AvgIpc) is 3.08. The van der Waals surface area contributed by atoms with Crippen molar-refractivity contribution in [3.63, 3.8) is 0 Å². The van der Waals surface area contributed by atoms with Gasteiger partial charge in [-0.25, -0.2) is 0 Å². The molecule has 3 unspecified atom stereocenters. The third-order valence-electron chi connectivity index (χ3n) is 4.39. The Labute approximate surface area is 105 Å². The van der Waals surface area contributed by atoms with Crippen molar-refractivity contribution >= 4 is 0 Å². The van der Waals surface area contributed by atoms with Crippen LogP contribution in [0.15, 0.2) is 0 Å². The lowest BCUT2D eigenvalue weighted by molar-refractivity contribution is -0.0953. The third-order valence-corrected chi connectivity index (χ3v) is 4.39. The fraction of sp³-hybridized carbons (Fsp3) is 1.00. The van der Waals surface area contributed by atoms with E-state index in [1.807, 2.05) is 0 Å². The highest BCUT2D eigenvalue weighted by molar-refractivity contribution is 4.95. The van der Waals surface area contributed by atoms with Crippen molar-refractivity contribution in [2.45, 2.75) is 57.7 Å². The SMILES string of the molecule is CC1CC(C)CC(OCC(O)(CN)C2CC2)C1. The minimum absolute atomic E-state index is 0.325. The zero-order chi connectivity index (χ0) is 12.5. The highest BCUT2D eigenvalue weighted by Gasteiger charge is 2.43. The second-order valence-corrected chi connectivity index (χ2v) is 6.43. The van der Waals surface area contributed by atoms with Gasteiger partial charge in [-0.2, -0.15) is 0 Å². The molecule has 0 aromatic carbocycles. The summed E-state index contributed by atoms with van der Waals surface area (Å²) in [5.41, 5.74) is 4.93. The second kappa shape index (κ2) is 5.25. The third kappa shape index (κ3) is 3.43. The Hall–Kier alpha value is -0.120. The van der Waals surface area contributed by atoms with Crippen LogP contribution in [0.4, 0.5) is 0 Å². The molecular formula is C14H27NO2. The van der Waals surface area contributed by atoms with Crippen LogP contribution in [0.5, 0.6) is 0 Å². The molecule has 2 fully saturated rings. The smallest absolute Gasteiger partial charge is 0.103 e. The molecule has 0 aliphatic heterocycles. The van der Waals surface area contributed by atoms with Crippen LogP contribution in [0.3, 0.4) is 0 Å². The van der Waals surface area contributed by atoms with Gasteiger partial charge in [0.15, 0.2) is 0 Å². The first-order chi connectivity index (χ1) is 8.03. The highest BCUT2D eigenvalue weighted by Crippen LogP contribution is 2.40. The summed E-state index contributed by atoms with van der Waals surface area (Å²) in [4.78, 5) is 0. The monoisotopic (exact) mass is 241 g/mol.